The number of benzene rings is 3. The molecule has 0 amide bonds. The van der Waals surface area contributed by atoms with E-state index in [-0.39, 0.29) is 28.9 Å². The van der Waals surface area contributed by atoms with Gasteiger partial charge in [-0.3, -0.25) is 4.79 Å². The second kappa shape index (κ2) is 8.76. The van der Waals surface area contributed by atoms with E-state index in [0.717, 1.165) is 20.8 Å². The Kier molecular flexibility index (Phi) is 6.16. The van der Waals surface area contributed by atoms with Crippen LogP contribution in [-0.4, -0.2) is 23.4 Å². The lowest BCUT2D eigenvalue weighted by molar-refractivity contribution is -0.117. The molecule has 0 saturated carbocycles. The van der Waals surface area contributed by atoms with E-state index in [1.807, 2.05) is 45.0 Å². The van der Waals surface area contributed by atoms with Gasteiger partial charge >= 0.3 is 0 Å². The van der Waals surface area contributed by atoms with E-state index >= 15 is 0 Å². The second-order valence-electron chi connectivity index (χ2n) is 9.18. The van der Waals surface area contributed by atoms with Crippen molar-refractivity contribution in [2.45, 2.75) is 43.9 Å². The average Bonchev–Trinajstić information content (AvgIpc) is 3.19. The first-order valence-electron chi connectivity index (χ1n) is 10.6. The zero-order chi connectivity index (χ0) is 23.8. The van der Waals surface area contributed by atoms with Gasteiger partial charge in [0.1, 0.15) is 5.78 Å². The quantitative estimate of drug-likeness (QED) is 0.361. The number of hydrogen-bond donors (Lipinski definition) is 0. The molecule has 7 heteroatoms. The van der Waals surface area contributed by atoms with Crippen LogP contribution < -0.4 is 0 Å². The van der Waals surface area contributed by atoms with Gasteiger partial charge in [-0.15, -0.1) is 0 Å². The summed E-state index contributed by atoms with van der Waals surface area (Å²) in [5.74, 6) is 0.0310. The van der Waals surface area contributed by atoms with Gasteiger partial charge in [0.25, 0.3) is 10.0 Å². The zero-order valence-corrected chi connectivity index (χ0v) is 20.3. The molecule has 4 rings (SSSR count). The third kappa shape index (κ3) is 5.02. The molecule has 0 radical (unpaired) electrons. The fourth-order valence-electron chi connectivity index (χ4n) is 3.69. The van der Waals surface area contributed by atoms with E-state index in [4.69, 9.17) is 11.6 Å². The summed E-state index contributed by atoms with van der Waals surface area (Å²) in [6.07, 6.45) is 2.01. The van der Waals surface area contributed by atoms with Crippen molar-refractivity contribution in [3.8, 4) is 0 Å². The highest BCUT2D eigenvalue weighted by atomic mass is 35.5. The maximum absolute atomic E-state index is 13.4. The van der Waals surface area contributed by atoms with E-state index in [1.54, 1.807) is 42.5 Å². The van der Waals surface area contributed by atoms with E-state index in [1.165, 1.54) is 6.20 Å². The number of carbonyl (C=O) groups excluding carboxylic acids is 1. The molecule has 0 unspecified atom stereocenters. The summed E-state index contributed by atoms with van der Waals surface area (Å²) >= 11 is 5.91. The molecule has 0 aliphatic rings. The van der Waals surface area contributed by atoms with Crippen LogP contribution in [0.1, 0.15) is 37.5 Å². The highest BCUT2D eigenvalue weighted by Crippen LogP contribution is 2.27. The number of halogens is 1. The van der Waals surface area contributed by atoms with Crippen LogP contribution in [0.5, 0.6) is 0 Å². The van der Waals surface area contributed by atoms with Gasteiger partial charge in [-0.2, -0.15) is 17.6 Å². The summed E-state index contributed by atoms with van der Waals surface area (Å²) in [7, 11) is -3.89. The molecule has 0 aliphatic carbocycles. The molecule has 4 aromatic rings. The molecule has 5 nitrogen and oxygen atoms in total. The summed E-state index contributed by atoms with van der Waals surface area (Å²) in [5.41, 5.74) is 2.81. The molecular weight excluding hydrogens is 456 g/mol. The monoisotopic (exact) mass is 480 g/mol. The highest BCUT2D eigenvalue weighted by Gasteiger charge is 2.23. The molecule has 3 aromatic carbocycles. The Morgan fingerprint density at radius 3 is 2.30 bits per heavy atom. The Balaban J connectivity index is 1.64. The molecule has 0 spiro atoms. The summed E-state index contributed by atoms with van der Waals surface area (Å²) < 4.78 is 27.9. The molecule has 0 atom stereocenters. The first-order chi connectivity index (χ1) is 15.5. The number of ketones is 1. The maximum Gasteiger partial charge on any atom is 0.283 e. The molecule has 33 heavy (non-hydrogen) atoms. The van der Waals surface area contributed by atoms with Crippen LogP contribution in [0.4, 0.5) is 0 Å². The number of nitrogens with zero attached hydrogens (tertiary/aromatic N) is 2. The maximum atomic E-state index is 13.4. The smallest absolute Gasteiger partial charge is 0.283 e. The van der Waals surface area contributed by atoms with Gasteiger partial charge in [-0.25, -0.2) is 0 Å². The molecule has 0 N–H and O–H groups in total. The van der Waals surface area contributed by atoms with E-state index in [2.05, 4.69) is 5.10 Å². The number of rotatable bonds is 6. The summed E-state index contributed by atoms with van der Waals surface area (Å²) in [4.78, 5) is 12.8. The zero-order valence-electron chi connectivity index (χ0n) is 18.7. The van der Waals surface area contributed by atoms with Gasteiger partial charge in [0.05, 0.1) is 16.6 Å². The Morgan fingerprint density at radius 2 is 1.61 bits per heavy atom. The first-order valence-corrected chi connectivity index (χ1v) is 12.4. The number of Topliss-reactive ketones (excluding diaryl/α,β-unsaturated/α-hetero) is 1. The standard InChI is InChI=1S/C26H25ClN2O3S/c1-26(2,3)21-5-4-6-24(16-21)33(31,32)29-25-15-19(7-10-20(25)17-28-29)14-23(30)13-18-8-11-22(27)12-9-18/h4-12,15-17H,13-14H2,1-3H3. The predicted octanol–water partition coefficient (Wildman–Crippen LogP) is 5.58. The van der Waals surface area contributed by atoms with Crippen molar-refractivity contribution in [1.82, 2.24) is 9.19 Å². The fourth-order valence-corrected chi connectivity index (χ4v) is 5.13. The lowest BCUT2D eigenvalue weighted by atomic mass is 9.87. The van der Waals surface area contributed by atoms with Crippen LogP contribution in [0.15, 0.2) is 77.8 Å². The third-order valence-electron chi connectivity index (χ3n) is 5.54. The minimum Gasteiger partial charge on any atom is -0.299 e. The van der Waals surface area contributed by atoms with Crippen molar-refractivity contribution in [2.24, 2.45) is 0 Å². The second-order valence-corrected chi connectivity index (χ2v) is 11.4. The number of fused-ring (bicyclic) bond motifs is 1. The number of hydrogen-bond acceptors (Lipinski definition) is 4. The SMILES string of the molecule is CC(C)(C)c1cccc(S(=O)(=O)n2ncc3ccc(CC(=O)Cc4ccc(Cl)cc4)cc32)c1. The topological polar surface area (TPSA) is 69.0 Å². The summed E-state index contributed by atoms with van der Waals surface area (Å²) in [6.45, 7) is 6.11. The molecule has 0 bridgehead atoms. The van der Waals surface area contributed by atoms with Crippen molar-refractivity contribution in [3.05, 3.63) is 94.6 Å². The Morgan fingerprint density at radius 1 is 0.939 bits per heavy atom. The van der Waals surface area contributed by atoms with Gasteiger partial charge < -0.3 is 0 Å². The number of aromatic nitrogens is 2. The van der Waals surface area contributed by atoms with Crippen molar-refractivity contribution in [3.63, 3.8) is 0 Å². The van der Waals surface area contributed by atoms with Crippen LogP contribution >= 0.6 is 11.6 Å². The fraction of sp³-hybridized carbons (Fsp3) is 0.231. The van der Waals surface area contributed by atoms with Gasteiger partial charge in [-0.05, 0) is 52.4 Å². The molecule has 0 fully saturated rings. The normalized spacial score (nSPS) is 12.2. The first kappa shape index (κ1) is 23.2. The lowest BCUT2D eigenvalue weighted by Crippen LogP contribution is -2.17. The lowest BCUT2D eigenvalue weighted by Gasteiger charge is -2.19. The van der Waals surface area contributed by atoms with Crippen molar-refractivity contribution in [2.75, 3.05) is 0 Å². The highest BCUT2D eigenvalue weighted by molar-refractivity contribution is 7.90. The average molecular weight is 481 g/mol. The minimum atomic E-state index is -3.89. The van der Waals surface area contributed by atoms with Crippen molar-refractivity contribution in [1.29, 1.82) is 0 Å². The molecule has 1 heterocycles. The van der Waals surface area contributed by atoms with Crippen LogP contribution in [0.3, 0.4) is 0 Å². The minimum absolute atomic E-state index is 0.0310. The summed E-state index contributed by atoms with van der Waals surface area (Å²) in [6, 6.07) is 19.5. The summed E-state index contributed by atoms with van der Waals surface area (Å²) in [5, 5.41) is 5.48. The van der Waals surface area contributed by atoms with E-state index in [0.29, 0.717) is 15.9 Å². The van der Waals surface area contributed by atoms with Gasteiger partial charge in [0.15, 0.2) is 0 Å². The van der Waals surface area contributed by atoms with Gasteiger partial charge in [0, 0.05) is 23.3 Å². The Hall–Kier alpha value is -2.96. The van der Waals surface area contributed by atoms with E-state index in [9.17, 15) is 13.2 Å². The van der Waals surface area contributed by atoms with E-state index < -0.39 is 10.0 Å². The molecule has 0 saturated heterocycles. The Labute approximate surface area is 199 Å². The molecular formula is C26H25ClN2O3S. The van der Waals surface area contributed by atoms with Gasteiger partial charge in [-0.1, -0.05) is 68.8 Å². The van der Waals surface area contributed by atoms with Crippen LogP contribution in [0.2, 0.25) is 5.02 Å². The van der Waals surface area contributed by atoms with Crippen molar-refractivity contribution < 1.29 is 13.2 Å². The largest absolute Gasteiger partial charge is 0.299 e. The van der Waals surface area contributed by atoms with Crippen LogP contribution in [-0.2, 0) is 33.1 Å². The van der Waals surface area contributed by atoms with Crippen LogP contribution in [0.25, 0.3) is 10.9 Å². The third-order valence-corrected chi connectivity index (χ3v) is 7.39. The molecule has 0 aliphatic heterocycles. The van der Waals surface area contributed by atoms with Crippen molar-refractivity contribution >= 4 is 38.3 Å². The van der Waals surface area contributed by atoms with Gasteiger partial charge in [0.2, 0.25) is 0 Å². The van der Waals surface area contributed by atoms with Crippen LogP contribution in [0, 0.1) is 0 Å². The molecule has 170 valence electrons. The molecule has 1 aromatic heterocycles. The predicted molar refractivity (Wildman–Crippen MR) is 131 cm³/mol. The Bertz CT molecular complexity index is 1430. The number of carbonyl (C=O) groups is 1.